The number of hydrogen-bond acceptors (Lipinski definition) is 6. The minimum absolute atomic E-state index is 0.0392. The van der Waals surface area contributed by atoms with Crippen molar-refractivity contribution in [3.8, 4) is 0 Å². The molecule has 0 aliphatic carbocycles. The van der Waals surface area contributed by atoms with E-state index in [1.807, 2.05) is 33.3 Å². The zero-order chi connectivity index (χ0) is 53.6. The molecule has 73 heavy (non-hydrogen) atoms. The van der Waals surface area contributed by atoms with E-state index in [0.29, 0.717) is 17.4 Å². The maximum absolute atomic E-state index is 13.5. The second-order valence-electron chi connectivity index (χ2n) is 21.9. The highest BCUT2D eigenvalue weighted by atomic mass is 31.2. The normalized spacial score (nSPS) is 14.1. The second kappa shape index (κ2) is 53.1. The number of phosphoric ester groups is 1. The lowest BCUT2D eigenvalue weighted by Gasteiger charge is -2.27. The molecule has 1 amide bonds. The first kappa shape index (κ1) is 70.7. The van der Waals surface area contributed by atoms with Gasteiger partial charge in [-0.3, -0.25) is 18.6 Å². The van der Waals surface area contributed by atoms with Crippen molar-refractivity contribution < 1.29 is 37.3 Å². The summed E-state index contributed by atoms with van der Waals surface area (Å²) in [5.41, 5.74) is 0. The zero-order valence-electron chi connectivity index (χ0n) is 48.6. The molecule has 0 aromatic carbocycles. The second-order valence-corrected chi connectivity index (χ2v) is 23.3. The van der Waals surface area contributed by atoms with Crippen LogP contribution in [0.3, 0.4) is 0 Å². The van der Waals surface area contributed by atoms with Gasteiger partial charge in [0.2, 0.25) is 5.91 Å². The predicted octanol–water partition coefficient (Wildman–Crippen LogP) is 18.7. The SMILES string of the molecule is CCCCC/C=C\C/C=C\C/C=C\C/C=C\CCCCCCCCCCCC(=O)OC(/C=C\CCCCCCCCCCC)C(COP(=O)(O)OCC[N+](C)(C)C)NC(=O)CCCCCCCCCCCCC. The number of hydrogen-bond donors (Lipinski definition) is 2. The summed E-state index contributed by atoms with van der Waals surface area (Å²) in [4.78, 5) is 37.6. The van der Waals surface area contributed by atoms with Gasteiger partial charge in [-0.15, -0.1) is 0 Å². The Kier molecular flexibility index (Phi) is 51.5. The lowest BCUT2D eigenvalue weighted by Crippen LogP contribution is -2.47. The molecule has 0 saturated carbocycles. The number of nitrogens with zero attached hydrogens (tertiary/aromatic N) is 1. The number of phosphoric acid groups is 1. The molecule has 10 heteroatoms. The number of carbonyl (C=O) groups excluding carboxylic acids is 2. The summed E-state index contributed by atoms with van der Waals surface area (Å²) in [6.45, 7) is 6.97. The predicted molar refractivity (Wildman–Crippen MR) is 314 cm³/mol. The van der Waals surface area contributed by atoms with E-state index in [1.165, 1.54) is 161 Å². The van der Waals surface area contributed by atoms with Gasteiger partial charge in [0, 0.05) is 12.8 Å². The molecule has 0 saturated heterocycles. The lowest BCUT2D eigenvalue weighted by atomic mass is 10.0. The van der Waals surface area contributed by atoms with Crippen LogP contribution >= 0.6 is 7.82 Å². The number of quaternary nitrogens is 1. The summed E-state index contributed by atoms with van der Waals surface area (Å²) >= 11 is 0. The third-order valence-electron chi connectivity index (χ3n) is 13.5. The smallest absolute Gasteiger partial charge is 0.456 e. The van der Waals surface area contributed by atoms with Gasteiger partial charge in [-0.05, 0) is 76.7 Å². The van der Waals surface area contributed by atoms with Crippen LogP contribution in [0.1, 0.15) is 278 Å². The third-order valence-corrected chi connectivity index (χ3v) is 14.4. The van der Waals surface area contributed by atoms with E-state index in [4.69, 9.17) is 13.8 Å². The number of esters is 1. The van der Waals surface area contributed by atoms with Crippen molar-refractivity contribution in [1.82, 2.24) is 5.32 Å². The van der Waals surface area contributed by atoms with Crippen LogP contribution in [0.25, 0.3) is 0 Å². The van der Waals surface area contributed by atoms with E-state index in [2.05, 4.69) is 74.7 Å². The number of unbranched alkanes of at least 4 members (excludes halogenated alkanes) is 31. The number of allylic oxidation sites excluding steroid dienone is 9. The minimum Gasteiger partial charge on any atom is -0.456 e. The molecule has 0 bridgehead atoms. The first-order valence-corrected chi connectivity index (χ1v) is 32.1. The van der Waals surface area contributed by atoms with Crippen molar-refractivity contribution in [1.29, 1.82) is 0 Å². The first-order valence-electron chi connectivity index (χ1n) is 30.6. The van der Waals surface area contributed by atoms with Gasteiger partial charge < -0.3 is 19.4 Å². The van der Waals surface area contributed by atoms with Crippen molar-refractivity contribution in [2.45, 2.75) is 290 Å². The monoisotopic (exact) mass is 1050 g/mol. The van der Waals surface area contributed by atoms with Crippen molar-refractivity contribution in [3.63, 3.8) is 0 Å². The quantitative estimate of drug-likeness (QED) is 0.0205. The van der Waals surface area contributed by atoms with Gasteiger partial charge in [0.05, 0.1) is 33.8 Å². The number of amides is 1. The van der Waals surface area contributed by atoms with E-state index in [0.717, 1.165) is 83.5 Å². The van der Waals surface area contributed by atoms with Crippen molar-refractivity contribution in [2.75, 3.05) is 40.9 Å². The fraction of sp³-hybridized carbons (Fsp3) is 0.810. The van der Waals surface area contributed by atoms with Crippen LogP contribution in [-0.2, 0) is 27.9 Å². The van der Waals surface area contributed by atoms with E-state index in [-0.39, 0.29) is 31.5 Å². The van der Waals surface area contributed by atoms with Crippen LogP contribution in [0.4, 0.5) is 0 Å². The fourth-order valence-corrected chi connectivity index (χ4v) is 9.42. The molecule has 0 spiro atoms. The van der Waals surface area contributed by atoms with Gasteiger partial charge in [-0.25, -0.2) is 4.57 Å². The molecule has 0 heterocycles. The van der Waals surface area contributed by atoms with Crippen LogP contribution in [-0.4, -0.2) is 74.3 Å². The number of nitrogens with one attached hydrogen (secondary N) is 1. The summed E-state index contributed by atoms with van der Waals surface area (Å²) in [6.07, 6.45) is 66.5. The standard InChI is InChI=1S/C63H117N2O7P/c1-7-10-13-16-19-22-25-26-27-28-29-30-31-32-33-34-35-36-37-38-41-44-47-50-53-56-63(67)72-61(54-51-48-45-42-39-23-20-17-14-11-8-2)60(59-71-73(68,69)70-58-57-65(4,5)6)64-62(66)55-52-49-46-43-40-24-21-18-15-12-9-3/h19,22,26-27,29-30,32-33,51,54,60-61H,7-18,20-21,23-25,28,31,34-50,52-53,55-59H2,1-6H3,(H-,64,66,68,69)/p+1/b22-19-,27-26-,30-29-,33-32-,54-51-. The van der Waals surface area contributed by atoms with Crippen LogP contribution in [0.2, 0.25) is 0 Å². The minimum atomic E-state index is -4.44. The molecule has 0 rings (SSSR count). The highest BCUT2D eigenvalue weighted by Crippen LogP contribution is 2.43. The Labute approximate surface area is 451 Å². The Hall–Kier alpha value is -2.29. The molecule has 0 radical (unpaired) electrons. The van der Waals surface area contributed by atoms with Crippen LogP contribution in [0, 0.1) is 0 Å². The highest BCUT2D eigenvalue weighted by Gasteiger charge is 2.30. The molecule has 3 atom stereocenters. The number of ether oxygens (including phenoxy) is 1. The van der Waals surface area contributed by atoms with Crippen LogP contribution in [0.15, 0.2) is 60.8 Å². The molecule has 3 unspecified atom stereocenters. The molecule has 0 aliphatic heterocycles. The van der Waals surface area contributed by atoms with E-state index in [9.17, 15) is 19.0 Å². The summed E-state index contributed by atoms with van der Waals surface area (Å²) in [5, 5.41) is 3.04. The van der Waals surface area contributed by atoms with Gasteiger partial charge in [0.15, 0.2) is 0 Å². The topological polar surface area (TPSA) is 111 Å². The summed E-state index contributed by atoms with van der Waals surface area (Å²) in [5.74, 6) is -0.508. The summed E-state index contributed by atoms with van der Waals surface area (Å²) in [6, 6.07) is -0.848. The summed E-state index contributed by atoms with van der Waals surface area (Å²) < 4.78 is 30.6. The molecule has 0 aromatic heterocycles. The molecule has 2 N–H and O–H groups in total. The molecule has 0 aliphatic rings. The van der Waals surface area contributed by atoms with Gasteiger partial charge in [0.1, 0.15) is 19.3 Å². The van der Waals surface area contributed by atoms with Gasteiger partial charge in [-0.2, -0.15) is 0 Å². The average molecular weight is 1050 g/mol. The van der Waals surface area contributed by atoms with Crippen molar-refractivity contribution in [2.24, 2.45) is 0 Å². The third kappa shape index (κ3) is 54.3. The lowest BCUT2D eigenvalue weighted by molar-refractivity contribution is -0.870. The van der Waals surface area contributed by atoms with Gasteiger partial charge in [-0.1, -0.05) is 249 Å². The van der Waals surface area contributed by atoms with E-state index >= 15 is 0 Å². The Morgan fingerprint density at radius 3 is 1.27 bits per heavy atom. The number of carbonyl (C=O) groups is 2. The Bertz CT molecular complexity index is 1440. The zero-order valence-corrected chi connectivity index (χ0v) is 49.5. The van der Waals surface area contributed by atoms with Crippen LogP contribution in [0.5, 0.6) is 0 Å². The largest absolute Gasteiger partial charge is 0.472 e. The van der Waals surface area contributed by atoms with Gasteiger partial charge >= 0.3 is 13.8 Å². The molecular formula is C63H118N2O7P+. The summed E-state index contributed by atoms with van der Waals surface area (Å²) in [7, 11) is 1.49. The van der Waals surface area contributed by atoms with Crippen molar-refractivity contribution >= 4 is 19.7 Å². The molecule has 0 fully saturated rings. The number of likely N-dealkylation sites (N-methyl/N-ethyl adjacent to an activating group) is 1. The van der Waals surface area contributed by atoms with Crippen molar-refractivity contribution in [3.05, 3.63) is 60.8 Å². The maximum Gasteiger partial charge on any atom is 0.472 e. The molecule has 426 valence electrons. The molecular weight excluding hydrogens is 928 g/mol. The van der Waals surface area contributed by atoms with E-state index in [1.54, 1.807) is 0 Å². The molecule has 9 nitrogen and oxygen atoms in total. The van der Waals surface area contributed by atoms with Gasteiger partial charge in [0.25, 0.3) is 0 Å². The highest BCUT2D eigenvalue weighted by molar-refractivity contribution is 7.47. The van der Waals surface area contributed by atoms with Crippen LogP contribution < -0.4 is 5.32 Å². The Morgan fingerprint density at radius 1 is 0.479 bits per heavy atom. The van der Waals surface area contributed by atoms with E-state index < -0.39 is 20.0 Å². The first-order chi connectivity index (χ1) is 35.4. The Balaban J connectivity index is 5.09. The molecule has 0 aromatic rings. The number of rotatable bonds is 55. The Morgan fingerprint density at radius 2 is 0.836 bits per heavy atom. The average Bonchev–Trinajstić information content (AvgIpc) is 3.35. The maximum atomic E-state index is 13.5. The fourth-order valence-electron chi connectivity index (χ4n) is 8.69.